The molecule has 2 aromatic carbocycles. The first kappa shape index (κ1) is 19.9. The summed E-state index contributed by atoms with van der Waals surface area (Å²) < 4.78 is 60.4. The fourth-order valence-electron chi connectivity index (χ4n) is 2.18. The Morgan fingerprint density at radius 3 is 2.50 bits per heavy atom. The summed E-state index contributed by atoms with van der Waals surface area (Å²) in [5.41, 5.74) is 1.50. The molecule has 0 aliphatic heterocycles. The number of ether oxygens (including phenoxy) is 2. The summed E-state index contributed by atoms with van der Waals surface area (Å²) >= 11 is 0. The molecule has 0 amide bonds. The summed E-state index contributed by atoms with van der Waals surface area (Å²) in [7, 11) is -2.23. The minimum absolute atomic E-state index is 0.0716. The summed E-state index contributed by atoms with van der Waals surface area (Å²) in [6.07, 6.45) is 1.87. The van der Waals surface area contributed by atoms with Gasteiger partial charge in [0.1, 0.15) is 0 Å². The summed E-state index contributed by atoms with van der Waals surface area (Å²) in [6.45, 7) is -2.79. The first-order valence-electron chi connectivity index (χ1n) is 7.74. The fourth-order valence-corrected chi connectivity index (χ4v) is 3.00. The van der Waals surface area contributed by atoms with E-state index < -0.39 is 16.6 Å². The second-order valence-electron chi connectivity index (χ2n) is 5.27. The summed E-state index contributed by atoms with van der Waals surface area (Å²) in [5.74, 6) is 0.0901. The Kier molecular flexibility index (Phi) is 7.11. The van der Waals surface area contributed by atoms with Gasteiger partial charge in [0, 0.05) is 12.0 Å². The van der Waals surface area contributed by atoms with Crippen molar-refractivity contribution in [2.45, 2.75) is 13.0 Å². The number of benzene rings is 2. The highest BCUT2D eigenvalue weighted by Crippen LogP contribution is 2.29. The van der Waals surface area contributed by atoms with E-state index in [1.54, 1.807) is 18.2 Å². The van der Waals surface area contributed by atoms with Crippen molar-refractivity contribution in [2.24, 2.45) is 0 Å². The molecule has 1 N–H and O–H groups in total. The van der Waals surface area contributed by atoms with Crippen LogP contribution in [0.25, 0.3) is 6.08 Å². The van der Waals surface area contributed by atoms with E-state index in [1.165, 1.54) is 25.3 Å². The van der Waals surface area contributed by atoms with Gasteiger partial charge in [0.2, 0.25) is 10.0 Å². The molecule has 0 atom stereocenters. The van der Waals surface area contributed by atoms with Crippen molar-refractivity contribution < 1.29 is 26.7 Å². The van der Waals surface area contributed by atoms with Crippen LogP contribution < -0.4 is 14.2 Å². The fraction of sp³-hybridized carbons (Fsp3) is 0.222. The molecule has 0 bridgehead atoms. The van der Waals surface area contributed by atoms with Gasteiger partial charge in [0.05, 0.1) is 7.11 Å². The Bertz CT molecular complexity index is 840. The molecular formula is C18H19F2NO4S. The van der Waals surface area contributed by atoms with Gasteiger partial charge >= 0.3 is 6.61 Å². The molecule has 5 nitrogen and oxygen atoms in total. The molecule has 0 fully saturated rings. The Hall–Kier alpha value is -2.45. The maximum Gasteiger partial charge on any atom is 0.387 e. The van der Waals surface area contributed by atoms with E-state index >= 15 is 0 Å². The average molecular weight is 383 g/mol. The summed E-state index contributed by atoms with van der Waals surface area (Å²) in [5, 5.41) is 1.10. The van der Waals surface area contributed by atoms with Gasteiger partial charge in [-0.05, 0) is 35.8 Å². The molecule has 140 valence electrons. The normalized spacial score (nSPS) is 11.8. The van der Waals surface area contributed by atoms with Crippen LogP contribution in [0.2, 0.25) is 0 Å². The Morgan fingerprint density at radius 2 is 1.85 bits per heavy atom. The number of hydrogen-bond donors (Lipinski definition) is 1. The molecule has 0 saturated heterocycles. The number of hydrogen-bond acceptors (Lipinski definition) is 4. The molecule has 2 rings (SSSR count). The molecular weight excluding hydrogens is 364 g/mol. The largest absolute Gasteiger partial charge is 0.493 e. The van der Waals surface area contributed by atoms with Crippen LogP contribution in [0.15, 0.2) is 53.9 Å². The lowest BCUT2D eigenvalue weighted by Crippen LogP contribution is -2.23. The SMILES string of the molecule is COc1cc(CCNS(=O)(=O)/C=C/c2ccccc2)ccc1OC(F)F. The molecule has 0 aromatic heterocycles. The van der Waals surface area contributed by atoms with Crippen LogP contribution in [0.4, 0.5) is 8.78 Å². The van der Waals surface area contributed by atoms with Crippen molar-refractivity contribution in [3.63, 3.8) is 0 Å². The van der Waals surface area contributed by atoms with Crippen LogP contribution in [-0.2, 0) is 16.4 Å². The number of nitrogens with one attached hydrogen (secondary N) is 1. The number of sulfonamides is 1. The zero-order chi connectivity index (χ0) is 19.0. The molecule has 0 aliphatic rings. The van der Waals surface area contributed by atoms with Crippen molar-refractivity contribution in [3.8, 4) is 11.5 Å². The quantitative estimate of drug-likeness (QED) is 0.721. The highest BCUT2D eigenvalue weighted by atomic mass is 32.2. The van der Waals surface area contributed by atoms with E-state index in [0.717, 1.165) is 16.5 Å². The highest BCUT2D eigenvalue weighted by Gasteiger charge is 2.11. The third-order valence-electron chi connectivity index (χ3n) is 3.40. The lowest BCUT2D eigenvalue weighted by molar-refractivity contribution is -0.0512. The van der Waals surface area contributed by atoms with Crippen molar-refractivity contribution in [1.82, 2.24) is 4.72 Å². The van der Waals surface area contributed by atoms with Gasteiger partial charge in [-0.25, -0.2) is 13.1 Å². The number of rotatable bonds is 9. The van der Waals surface area contributed by atoms with Crippen molar-refractivity contribution in [2.75, 3.05) is 13.7 Å². The number of alkyl halides is 2. The van der Waals surface area contributed by atoms with Gasteiger partial charge in [-0.3, -0.25) is 0 Å². The standard InChI is InChI=1S/C18H19F2NO4S/c1-24-17-13-15(7-8-16(17)25-18(19)20)9-11-21-26(22,23)12-10-14-5-3-2-4-6-14/h2-8,10,12-13,18,21H,9,11H2,1H3/b12-10+. The molecule has 0 radical (unpaired) electrons. The van der Waals surface area contributed by atoms with Gasteiger partial charge < -0.3 is 9.47 Å². The van der Waals surface area contributed by atoms with Crippen LogP contribution in [0.1, 0.15) is 11.1 Å². The summed E-state index contributed by atoms with van der Waals surface area (Å²) in [4.78, 5) is 0. The lowest BCUT2D eigenvalue weighted by atomic mass is 10.1. The first-order valence-corrected chi connectivity index (χ1v) is 9.29. The average Bonchev–Trinajstić information content (AvgIpc) is 2.61. The smallest absolute Gasteiger partial charge is 0.387 e. The maximum absolute atomic E-state index is 12.3. The number of halogens is 2. The second-order valence-corrected chi connectivity index (χ2v) is 6.92. The molecule has 0 aliphatic carbocycles. The lowest BCUT2D eigenvalue weighted by Gasteiger charge is -2.11. The van der Waals surface area contributed by atoms with Crippen molar-refractivity contribution in [1.29, 1.82) is 0 Å². The van der Waals surface area contributed by atoms with E-state index in [9.17, 15) is 17.2 Å². The van der Waals surface area contributed by atoms with Crippen LogP contribution in [-0.4, -0.2) is 28.7 Å². The Labute approximate surface area is 151 Å². The van der Waals surface area contributed by atoms with Crippen LogP contribution in [0.5, 0.6) is 11.5 Å². The highest BCUT2D eigenvalue weighted by molar-refractivity contribution is 7.92. The molecule has 8 heteroatoms. The Balaban J connectivity index is 1.93. The van der Waals surface area contributed by atoms with Gasteiger partial charge in [0.25, 0.3) is 0 Å². The molecule has 26 heavy (non-hydrogen) atoms. The third kappa shape index (κ3) is 6.45. The Morgan fingerprint density at radius 1 is 1.12 bits per heavy atom. The predicted octanol–water partition coefficient (Wildman–Crippen LogP) is 3.43. The first-order chi connectivity index (χ1) is 12.4. The second kappa shape index (κ2) is 9.30. The van der Waals surface area contributed by atoms with Crippen LogP contribution in [0.3, 0.4) is 0 Å². The monoisotopic (exact) mass is 383 g/mol. The van der Waals surface area contributed by atoms with E-state index in [4.69, 9.17) is 4.74 Å². The summed E-state index contributed by atoms with van der Waals surface area (Å²) in [6, 6.07) is 13.5. The van der Waals surface area contributed by atoms with Crippen molar-refractivity contribution in [3.05, 3.63) is 65.1 Å². The molecule has 0 heterocycles. The zero-order valence-corrected chi connectivity index (χ0v) is 14.9. The minimum Gasteiger partial charge on any atom is -0.493 e. The topological polar surface area (TPSA) is 64.6 Å². The van der Waals surface area contributed by atoms with E-state index in [0.29, 0.717) is 6.42 Å². The van der Waals surface area contributed by atoms with Gasteiger partial charge in [-0.15, -0.1) is 0 Å². The molecule has 0 saturated carbocycles. The predicted molar refractivity (Wildman–Crippen MR) is 95.7 cm³/mol. The molecule has 0 spiro atoms. The van der Waals surface area contributed by atoms with Crippen LogP contribution in [0, 0.1) is 0 Å². The van der Waals surface area contributed by atoms with E-state index in [2.05, 4.69) is 9.46 Å². The zero-order valence-electron chi connectivity index (χ0n) is 14.1. The molecule has 0 unspecified atom stereocenters. The van der Waals surface area contributed by atoms with Crippen molar-refractivity contribution >= 4 is 16.1 Å². The molecule has 2 aromatic rings. The van der Waals surface area contributed by atoms with Gasteiger partial charge in [-0.2, -0.15) is 8.78 Å². The van der Waals surface area contributed by atoms with E-state index in [-0.39, 0.29) is 18.0 Å². The third-order valence-corrected chi connectivity index (χ3v) is 4.50. The van der Waals surface area contributed by atoms with Crippen LogP contribution >= 0.6 is 0 Å². The van der Waals surface area contributed by atoms with Gasteiger partial charge in [-0.1, -0.05) is 36.4 Å². The minimum atomic E-state index is -3.58. The van der Waals surface area contributed by atoms with E-state index in [1.807, 2.05) is 18.2 Å². The maximum atomic E-state index is 12.3. The van der Waals surface area contributed by atoms with Gasteiger partial charge in [0.15, 0.2) is 11.5 Å². The number of methoxy groups -OCH3 is 1.